The second-order valence-corrected chi connectivity index (χ2v) is 5.51. The van der Waals surface area contributed by atoms with Crippen LogP contribution in [0.25, 0.3) is 0 Å². The molecule has 2 aromatic heterocycles. The largest absolute Gasteiger partial charge is 0.471 e. The molecule has 0 atom stereocenters. The molecule has 6 heteroatoms. The van der Waals surface area contributed by atoms with E-state index in [1.54, 1.807) is 17.2 Å². The van der Waals surface area contributed by atoms with E-state index in [-0.39, 0.29) is 12.0 Å². The predicted octanol–water partition coefficient (Wildman–Crippen LogP) is 1.85. The number of ether oxygens (including phenoxy) is 1. The molecule has 1 aliphatic carbocycles. The molecule has 4 rings (SSSR count). The van der Waals surface area contributed by atoms with Gasteiger partial charge in [-0.3, -0.25) is 4.79 Å². The summed E-state index contributed by atoms with van der Waals surface area (Å²) in [6.07, 6.45) is 3.95. The molecule has 108 valence electrons. The number of rotatable bonds is 4. The van der Waals surface area contributed by atoms with E-state index in [1.807, 2.05) is 18.2 Å². The summed E-state index contributed by atoms with van der Waals surface area (Å²) >= 11 is 0. The molecule has 0 N–H and O–H groups in total. The Morgan fingerprint density at radius 2 is 2.19 bits per heavy atom. The van der Waals surface area contributed by atoms with Gasteiger partial charge in [-0.05, 0) is 18.9 Å². The zero-order valence-electron chi connectivity index (χ0n) is 11.4. The van der Waals surface area contributed by atoms with Crippen LogP contribution in [0.15, 0.2) is 35.0 Å². The molecular weight excluding hydrogens is 270 g/mol. The third-order valence-electron chi connectivity index (χ3n) is 3.79. The van der Waals surface area contributed by atoms with Crippen molar-refractivity contribution in [3.63, 3.8) is 0 Å². The lowest BCUT2D eigenvalue weighted by Gasteiger charge is -2.38. The van der Waals surface area contributed by atoms with Crippen molar-refractivity contribution in [2.45, 2.75) is 24.9 Å². The van der Waals surface area contributed by atoms with E-state index >= 15 is 0 Å². The Balaban J connectivity index is 1.33. The highest BCUT2D eigenvalue weighted by Gasteiger charge is 2.35. The van der Waals surface area contributed by atoms with Crippen LogP contribution < -0.4 is 4.74 Å². The second-order valence-electron chi connectivity index (χ2n) is 5.51. The molecule has 3 heterocycles. The van der Waals surface area contributed by atoms with E-state index in [0.29, 0.717) is 30.6 Å². The normalized spacial score (nSPS) is 18.4. The summed E-state index contributed by atoms with van der Waals surface area (Å²) in [5.41, 5.74) is 0.396. The Kier molecular flexibility index (Phi) is 2.87. The number of carbonyl (C=O) groups excluding carboxylic acids is 1. The van der Waals surface area contributed by atoms with Crippen LogP contribution in [0.2, 0.25) is 0 Å². The Bertz CT molecular complexity index is 645. The van der Waals surface area contributed by atoms with Gasteiger partial charge in [-0.25, -0.2) is 4.98 Å². The molecule has 0 aromatic carbocycles. The van der Waals surface area contributed by atoms with Crippen LogP contribution >= 0.6 is 0 Å². The van der Waals surface area contributed by atoms with Gasteiger partial charge in [0, 0.05) is 24.2 Å². The van der Waals surface area contributed by atoms with Gasteiger partial charge in [-0.2, -0.15) is 0 Å². The first-order chi connectivity index (χ1) is 10.3. The third-order valence-corrected chi connectivity index (χ3v) is 3.79. The van der Waals surface area contributed by atoms with Crippen molar-refractivity contribution in [2.24, 2.45) is 0 Å². The molecule has 2 aromatic rings. The minimum atomic E-state index is -0.0912. The summed E-state index contributed by atoms with van der Waals surface area (Å²) in [7, 11) is 0. The molecule has 1 aliphatic heterocycles. The Morgan fingerprint density at radius 3 is 2.90 bits per heavy atom. The van der Waals surface area contributed by atoms with Crippen molar-refractivity contribution in [1.82, 2.24) is 15.0 Å². The van der Waals surface area contributed by atoms with Crippen molar-refractivity contribution < 1.29 is 14.1 Å². The van der Waals surface area contributed by atoms with E-state index in [0.717, 1.165) is 18.6 Å². The van der Waals surface area contributed by atoms with Gasteiger partial charge >= 0.3 is 0 Å². The monoisotopic (exact) mass is 285 g/mol. The smallest absolute Gasteiger partial charge is 0.276 e. The van der Waals surface area contributed by atoms with Crippen LogP contribution in [0.1, 0.15) is 35.0 Å². The number of carbonyl (C=O) groups is 1. The van der Waals surface area contributed by atoms with Crippen molar-refractivity contribution in [1.29, 1.82) is 0 Å². The molecular formula is C15H15N3O3. The fourth-order valence-electron chi connectivity index (χ4n) is 2.38. The van der Waals surface area contributed by atoms with Crippen LogP contribution in [-0.2, 0) is 0 Å². The first-order valence-electron chi connectivity index (χ1n) is 7.13. The van der Waals surface area contributed by atoms with Crippen molar-refractivity contribution >= 4 is 5.91 Å². The van der Waals surface area contributed by atoms with Gasteiger partial charge in [0.1, 0.15) is 11.9 Å². The van der Waals surface area contributed by atoms with Gasteiger partial charge < -0.3 is 14.2 Å². The first kappa shape index (κ1) is 12.4. The number of amides is 1. The summed E-state index contributed by atoms with van der Waals surface area (Å²) in [5.74, 6) is 1.80. The third kappa shape index (κ3) is 2.49. The second kappa shape index (κ2) is 4.87. The van der Waals surface area contributed by atoms with Crippen molar-refractivity contribution in [2.75, 3.05) is 13.1 Å². The van der Waals surface area contributed by atoms with Gasteiger partial charge in [0.05, 0.1) is 13.1 Å². The molecule has 21 heavy (non-hydrogen) atoms. The van der Waals surface area contributed by atoms with Crippen molar-refractivity contribution in [3.8, 4) is 5.88 Å². The first-order valence-corrected chi connectivity index (χ1v) is 7.13. The standard InChI is InChI=1S/C15H15N3O3/c19-15(12-7-13(21-17-12)10-4-5-10)18-8-11(9-18)20-14-3-1-2-6-16-14/h1-3,6-7,10-11H,4-5,8-9H2. The predicted molar refractivity (Wildman–Crippen MR) is 73.0 cm³/mol. The van der Waals surface area contributed by atoms with Gasteiger partial charge in [-0.15, -0.1) is 0 Å². The lowest BCUT2D eigenvalue weighted by Crippen LogP contribution is -2.56. The maximum absolute atomic E-state index is 12.2. The number of hydrogen-bond acceptors (Lipinski definition) is 5. The van der Waals surface area contributed by atoms with Gasteiger partial charge in [0.15, 0.2) is 5.69 Å². The fraction of sp³-hybridized carbons (Fsp3) is 0.400. The highest BCUT2D eigenvalue weighted by Crippen LogP contribution is 2.40. The quantitative estimate of drug-likeness (QED) is 0.857. The summed E-state index contributed by atoms with van der Waals surface area (Å²) in [5, 5.41) is 3.87. The molecule has 6 nitrogen and oxygen atoms in total. The minimum Gasteiger partial charge on any atom is -0.471 e. The van der Waals surface area contributed by atoms with E-state index in [2.05, 4.69) is 10.1 Å². The van der Waals surface area contributed by atoms with E-state index in [9.17, 15) is 4.79 Å². The molecule has 1 saturated heterocycles. The van der Waals surface area contributed by atoms with E-state index in [1.165, 1.54) is 0 Å². The zero-order valence-corrected chi connectivity index (χ0v) is 11.4. The Labute approximate surface area is 121 Å². The van der Waals surface area contributed by atoms with E-state index < -0.39 is 0 Å². The highest BCUT2D eigenvalue weighted by atomic mass is 16.5. The summed E-state index contributed by atoms with van der Waals surface area (Å²) < 4.78 is 10.9. The molecule has 1 amide bonds. The maximum Gasteiger partial charge on any atom is 0.276 e. The number of pyridine rings is 1. The van der Waals surface area contributed by atoms with Crippen LogP contribution in [0, 0.1) is 0 Å². The average Bonchev–Trinajstić information content (AvgIpc) is 3.20. The maximum atomic E-state index is 12.2. The molecule has 0 spiro atoms. The molecule has 2 aliphatic rings. The number of nitrogens with zero attached hydrogens (tertiary/aromatic N) is 3. The number of aromatic nitrogens is 2. The van der Waals surface area contributed by atoms with Crippen LogP contribution in [-0.4, -0.2) is 40.1 Å². The van der Waals surface area contributed by atoms with Crippen LogP contribution in [0.4, 0.5) is 0 Å². The lowest BCUT2D eigenvalue weighted by atomic mass is 10.1. The Hall–Kier alpha value is -2.37. The molecule has 0 unspecified atom stereocenters. The highest BCUT2D eigenvalue weighted by molar-refractivity contribution is 5.92. The fourth-order valence-corrected chi connectivity index (χ4v) is 2.38. The van der Waals surface area contributed by atoms with Gasteiger partial charge in [-0.1, -0.05) is 11.2 Å². The van der Waals surface area contributed by atoms with Gasteiger partial charge in [0.2, 0.25) is 5.88 Å². The molecule has 2 fully saturated rings. The summed E-state index contributed by atoms with van der Waals surface area (Å²) in [6.45, 7) is 1.11. The van der Waals surface area contributed by atoms with E-state index in [4.69, 9.17) is 9.26 Å². The topological polar surface area (TPSA) is 68.5 Å². The van der Waals surface area contributed by atoms with Crippen LogP contribution in [0.3, 0.4) is 0 Å². The summed E-state index contributed by atoms with van der Waals surface area (Å²) in [4.78, 5) is 18.0. The lowest BCUT2D eigenvalue weighted by molar-refractivity contribution is 0.0153. The molecule has 1 saturated carbocycles. The zero-order chi connectivity index (χ0) is 14.2. The average molecular weight is 285 g/mol. The van der Waals surface area contributed by atoms with Gasteiger partial charge in [0.25, 0.3) is 5.91 Å². The molecule has 0 bridgehead atoms. The summed E-state index contributed by atoms with van der Waals surface area (Å²) in [6, 6.07) is 7.29. The SMILES string of the molecule is O=C(c1cc(C2CC2)on1)N1CC(Oc2ccccn2)C1. The number of likely N-dealkylation sites (tertiary alicyclic amines) is 1. The van der Waals surface area contributed by atoms with Crippen LogP contribution in [0.5, 0.6) is 5.88 Å². The Morgan fingerprint density at radius 1 is 1.33 bits per heavy atom. The molecule has 0 radical (unpaired) electrons. The number of hydrogen-bond donors (Lipinski definition) is 0. The van der Waals surface area contributed by atoms with Crippen molar-refractivity contribution in [3.05, 3.63) is 41.9 Å². The minimum absolute atomic E-state index is 0.00125.